The molecule has 0 radical (unpaired) electrons. The molecule has 6 nitrogen and oxygen atoms in total. The molecule has 8 heteroatoms. The van der Waals surface area contributed by atoms with Gasteiger partial charge in [0.05, 0.1) is 26.9 Å². The van der Waals surface area contributed by atoms with Crippen molar-refractivity contribution in [1.29, 1.82) is 0 Å². The van der Waals surface area contributed by atoms with Gasteiger partial charge >= 0.3 is 0 Å². The number of hydrogen-bond donors (Lipinski definition) is 2. The van der Waals surface area contributed by atoms with E-state index in [-0.39, 0.29) is 5.75 Å². The van der Waals surface area contributed by atoms with Crippen molar-refractivity contribution in [2.75, 3.05) is 19.5 Å². The smallest absolute Gasteiger partial charge is 0.162 e. The largest absolute Gasteiger partial charge is 0.506 e. The predicted molar refractivity (Wildman–Crippen MR) is 109 cm³/mol. The minimum atomic E-state index is 0.278. The second-order valence-electron chi connectivity index (χ2n) is 4.86. The summed E-state index contributed by atoms with van der Waals surface area (Å²) in [7, 11) is 3.18. The predicted octanol–water partition coefficient (Wildman–Crippen LogP) is 4.31. The zero-order valence-corrected chi connectivity index (χ0v) is 17.1. The van der Waals surface area contributed by atoms with Crippen LogP contribution in [0.4, 0.5) is 11.5 Å². The molecule has 0 bridgehead atoms. The minimum Gasteiger partial charge on any atom is -0.506 e. The number of nitrogens with one attached hydrogen (secondary N) is 1. The van der Waals surface area contributed by atoms with Crippen LogP contribution in [0.2, 0.25) is 0 Å². The highest BCUT2D eigenvalue weighted by Gasteiger charge is 2.12. The lowest BCUT2D eigenvalue weighted by atomic mass is 10.2. The third-order valence-electron chi connectivity index (χ3n) is 3.42. The molecule has 2 N–H and O–H groups in total. The molecular formula is C16H13I2N3O3. The summed E-state index contributed by atoms with van der Waals surface area (Å²) in [5.41, 5.74) is 1.57. The Labute approximate surface area is 165 Å². The number of aromatic nitrogens is 2. The molecule has 1 aromatic heterocycles. The van der Waals surface area contributed by atoms with E-state index in [0.29, 0.717) is 17.3 Å². The molecule has 0 aliphatic rings. The standard InChI is InChI=1S/C16H13I2N3O3/c1-23-13-5-9-12(6-14(13)24-2)19-7-20-16(9)21-8-3-10(17)15(22)11(18)4-8/h3-7,22H,1-2H3,(H,19,20,21). The fourth-order valence-corrected chi connectivity index (χ4v) is 4.03. The molecule has 1 heterocycles. The molecule has 0 fully saturated rings. The summed E-state index contributed by atoms with van der Waals surface area (Å²) >= 11 is 4.19. The maximum absolute atomic E-state index is 9.90. The van der Waals surface area contributed by atoms with Gasteiger partial charge in [-0.3, -0.25) is 0 Å². The van der Waals surface area contributed by atoms with E-state index in [2.05, 4.69) is 60.5 Å². The van der Waals surface area contributed by atoms with Crippen molar-refractivity contribution in [2.24, 2.45) is 0 Å². The molecule has 0 saturated heterocycles. The van der Waals surface area contributed by atoms with Crippen LogP contribution in [0.25, 0.3) is 10.9 Å². The SMILES string of the molecule is COc1cc2ncnc(Nc3cc(I)c(O)c(I)c3)c2cc1OC. The first-order chi connectivity index (χ1) is 11.5. The molecule has 0 spiro atoms. The second kappa shape index (κ2) is 7.13. The van der Waals surface area contributed by atoms with Crippen LogP contribution in [0.3, 0.4) is 0 Å². The van der Waals surface area contributed by atoms with Gasteiger partial charge < -0.3 is 19.9 Å². The summed E-state index contributed by atoms with van der Waals surface area (Å²) < 4.78 is 12.2. The summed E-state index contributed by atoms with van der Waals surface area (Å²) in [5.74, 6) is 2.15. The molecule has 0 saturated carbocycles. The Kier molecular flexibility index (Phi) is 5.13. The summed E-state index contributed by atoms with van der Waals surface area (Å²) in [6.07, 6.45) is 1.49. The Bertz CT molecular complexity index is 895. The van der Waals surface area contributed by atoms with E-state index < -0.39 is 0 Å². The van der Waals surface area contributed by atoms with Gasteiger partial charge in [-0.1, -0.05) is 0 Å². The van der Waals surface area contributed by atoms with E-state index in [1.54, 1.807) is 14.2 Å². The van der Waals surface area contributed by atoms with Crippen molar-refractivity contribution in [3.8, 4) is 17.2 Å². The maximum atomic E-state index is 9.90. The topological polar surface area (TPSA) is 76.5 Å². The number of aromatic hydroxyl groups is 1. The van der Waals surface area contributed by atoms with Crippen LogP contribution in [-0.4, -0.2) is 29.3 Å². The highest BCUT2D eigenvalue weighted by atomic mass is 127. The lowest BCUT2D eigenvalue weighted by Gasteiger charge is -2.13. The monoisotopic (exact) mass is 549 g/mol. The van der Waals surface area contributed by atoms with Gasteiger partial charge in [0, 0.05) is 17.1 Å². The van der Waals surface area contributed by atoms with E-state index in [4.69, 9.17) is 9.47 Å². The number of nitrogens with zero attached hydrogens (tertiary/aromatic N) is 2. The molecular weight excluding hydrogens is 536 g/mol. The molecule has 0 unspecified atom stereocenters. The Morgan fingerprint density at radius 3 is 2.21 bits per heavy atom. The molecule has 0 aliphatic heterocycles. The second-order valence-corrected chi connectivity index (χ2v) is 7.18. The Hall–Kier alpha value is -1.56. The van der Waals surface area contributed by atoms with Crippen molar-refractivity contribution in [3.05, 3.63) is 37.7 Å². The van der Waals surface area contributed by atoms with E-state index >= 15 is 0 Å². The molecule has 24 heavy (non-hydrogen) atoms. The molecule has 3 aromatic rings. The van der Waals surface area contributed by atoms with Crippen LogP contribution in [0, 0.1) is 7.14 Å². The number of phenols is 1. The van der Waals surface area contributed by atoms with Crippen molar-refractivity contribution in [1.82, 2.24) is 9.97 Å². The summed E-state index contributed by atoms with van der Waals surface area (Å²) in [6.45, 7) is 0. The van der Waals surface area contributed by atoms with Gasteiger partial charge in [-0.05, 0) is 63.4 Å². The van der Waals surface area contributed by atoms with Crippen molar-refractivity contribution < 1.29 is 14.6 Å². The Morgan fingerprint density at radius 1 is 0.958 bits per heavy atom. The van der Waals surface area contributed by atoms with E-state index in [1.807, 2.05) is 24.3 Å². The van der Waals surface area contributed by atoms with Crippen LogP contribution in [0.15, 0.2) is 30.6 Å². The molecule has 0 atom stereocenters. The van der Waals surface area contributed by atoms with Gasteiger partial charge in [-0.25, -0.2) is 9.97 Å². The van der Waals surface area contributed by atoms with Crippen LogP contribution >= 0.6 is 45.2 Å². The normalized spacial score (nSPS) is 10.7. The summed E-state index contributed by atoms with van der Waals surface area (Å²) in [6, 6.07) is 7.36. The number of halogens is 2. The Morgan fingerprint density at radius 2 is 1.58 bits per heavy atom. The van der Waals surface area contributed by atoms with Crippen molar-refractivity contribution >= 4 is 67.6 Å². The minimum absolute atomic E-state index is 0.278. The fraction of sp³-hybridized carbons (Fsp3) is 0.125. The number of phenolic OH excluding ortho intramolecular Hbond substituents is 1. The lowest BCUT2D eigenvalue weighted by Crippen LogP contribution is -1.98. The fourth-order valence-electron chi connectivity index (χ4n) is 2.26. The van der Waals surface area contributed by atoms with Gasteiger partial charge in [0.15, 0.2) is 11.5 Å². The van der Waals surface area contributed by atoms with Gasteiger partial charge in [0.2, 0.25) is 0 Å². The zero-order chi connectivity index (χ0) is 17.3. The van der Waals surface area contributed by atoms with Gasteiger partial charge in [0.1, 0.15) is 17.9 Å². The third-order valence-corrected chi connectivity index (χ3v) is 5.06. The van der Waals surface area contributed by atoms with Gasteiger partial charge in [-0.15, -0.1) is 0 Å². The first-order valence-corrected chi connectivity index (χ1v) is 9.01. The molecule has 2 aromatic carbocycles. The average molecular weight is 549 g/mol. The number of fused-ring (bicyclic) bond motifs is 1. The van der Waals surface area contributed by atoms with Crippen LogP contribution < -0.4 is 14.8 Å². The van der Waals surface area contributed by atoms with Crippen LogP contribution in [0.5, 0.6) is 17.2 Å². The van der Waals surface area contributed by atoms with Crippen LogP contribution in [0.1, 0.15) is 0 Å². The summed E-state index contributed by atoms with van der Waals surface area (Å²) in [5, 5.41) is 14.0. The van der Waals surface area contributed by atoms with E-state index in [0.717, 1.165) is 23.7 Å². The average Bonchev–Trinajstić information content (AvgIpc) is 2.58. The summed E-state index contributed by atoms with van der Waals surface area (Å²) in [4.78, 5) is 8.62. The molecule has 124 valence electrons. The van der Waals surface area contributed by atoms with Crippen LogP contribution in [-0.2, 0) is 0 Å². The van der Waals surface area contributed by atoms with Crippen molar-refractivity contribution in [3.63, 3.8) is 0 Å². The number of methoxy groups -OCH3 is 2. The zero-order valence-electron chi connectivity index (χ0n) is 12.8. The first-order valence-electron chi connectivity index (χ1n) is 6.85. The first kappa shape index (κ1) is 17.3. The number of hydrogen-bond acceptors (Lipinski definition) is 6. The number of anilines is 2. The van der Waals surface area contributed by atoms with Crippen molar-refractivity contribution in [2.45, 2.75) is 0 Å². The van der Waals surface area contributed by atoms with Gasteiger partial charge in [-0.2, -0.15) is 0 Å². The number of benzene rings is 2. The molecule has 0 aliphatic carbocycles. The highest BCUT2D eigenvalue weighted by Crippen LogP contribution is 2.35. The highest BCUT2D eigenvalue weighted by molar-refractivity contribution is 14.1. The van der Waals surface area contributed by atoms with E-state index in [9.17, 15) is 5.11 Å². The Balaban J connectivity index is 2.09. The molecule has 3 rings (SSSR count). The maximum Gasteiger partial charge on any atom is 0.162 e. The number of rotatable bonds is 4. The van der Waals surface area contributed by atoms with E-state index in [1.165, 1.54) is 6.33 Å². The number of ether oxygens (including phenoxy) is 2. The molecule has 0 amide bonds. The third kappa shape index (κ3) is 3.29. The lowest BCUT2D eigenvalue weighted by molar-refractivity contribution is 0.356. The quantitative estimate of drug-likeness (QED) is 0.374. The van der Waals surface area contributed by atoms with Gasteiger partial charge in [0.25, 0.3) is 0 Å².